The van der Waals surface area contributed by atoms with Crippen LogP contribution in [0.4, 0.5) is 10.5 Å². The number of urea groups is 1. The number of amides is 5. The highest BCUT2D eigenvalue weighted by atomic mass is 16.5. The van der Waals surface area contributed by atoms with Crippen LogP contribution in [0.1, 0.15) is 51.8 Å². The number of carbonyl (C=O) groups excluding carboxylic acids is 5. The van der Waals surface area contributed by atoms with E-state index in [1.54, 1.807) is 38.1 Å². The van der Waals surface area contributed by atoms with Crippen molar-refractivity contribution in [1.29, 1.82) is 0 Å². The Morgan fingerprint density at radius 2 is 1.64 bits per heavy atom. The maximum atomic E-state index is 12.9. The molecule has 3 rings (SSSR count). The Morgan fingerprint density at radius 1 is 0.970 bits per heavy atom. The Balaban J connectivity index is 1.68. The van der Waals surface area contributed by atoms with Crippen LogP contribution in [-0.2, 0) is 9.53 Å². The number of rotatable bonds is 7. The average molecular weight is 453 g/mol. The third-order valence-electron chi connectivity index (χ3n) is 4.54. The van der Waals surface area contributed by atoms with Gasteiger partial charge in [-0.1, -0.05) is 0 Å². The summed E-state index contributed by atoms with van der Waals surface area (Å²) in [6.07, 6.45) is 0. The first kappa shape index (κ1) is 23.5. The Hall–Kier alpha value is -4.21. The molecule has 10 heteroatoms. The number of carbonyl (C=O) groups is 5. The highest BCUT2D eigenvalue weighted by molar-refractivity contribution is 6.34. The minimum atomic E-state index is -0.878. The van der Waals surface area contributed by atoms with Crippen molar-refractivity contribution in [3.05, 3.63) is 59.2 Å². The van der Waals surface area contributed by atoms with Crippen molar-refractivity contribution < 1.29 is 33.4 Å². The Labute approximate surface area is 189 Å². The zero-order chi connectivity index (χ0) is 24.1. The molecule has 33 heavy (non-hydrogen) atoms. The lowest BCUT2D eigenvalue weighted by Crippen LogP contribution is -2.44. The molecule has 1 heterocycles. The molecule has 5 amide bonds. The molecule has 0 atom stereocenters. The van der Waals surface area contributed by atoms with Gasteiger partial charge in [0.1, 0.15) is 5.75 Å². The Morgan fingerprint density at radius 3 is 2.27 bits per heavy atom. The molecule has 1 aliphatic heterocycles. The van der Waals surface area contributed by atoms with Gasteiger partial charge in [0.25, 0.3) is 17.7 Å². The van der Waals surface area contributed by atoms with Crippen molar-refractivity contribution in [2.45, 2.75) is 26.8 Å². The molecule has 1 aliphatic rings. The number of anilines is 1. The van der Waals surface area contributed by atoms with E-state index in [9.17, 15) is 24.0 Å². The molecule has 2 N–H and O–H groups in total. The molecule has 0 fully saturated rings. The summed E-state index contributed by atoms with van der Waals surface area (Å²) in [5, 5.41) is 4.49. The lowest BCUT2D eigenvalue weighted by molar-refractivity contribution is -0.123. The van der Waals surface area contributed by atoms with E-state index in [0.29, 0.717) is 18.0 Å². The largest absolute Gasteiger partial charge is 0.494 e. The second kappa shape index (κ2) is 9.94. The van der Waals surface area contributed by atoms with Gasteiger partial charge in [0.15, 0.2) is 6.61 Å². The normalized spacial score (nSPS) is 12.4. The number of imide groups is 2. The van der Waals surface area contributed by atoms with E-state index in [4.69, 9.17) is 9.47 Å². The van der Waals surface area contributed by atoms with Gasteiger partial charge in [-0.05, 0) is 63.2 Å². The first-order chi connectivity index (χ1) is 15.7. The minimum Gasteiger partial charge on any atom is -0.494 e. The molecule has 0 saturated heterocycles. The monoisotopic (exact) mass is 453 g/mol. The van der Waals surface area contributed by atoms with Gasteiger partial charge in [0.2, 0.25) is 0 Å². The van der Waals surface area contributed by atoms with E-state index in [0.717, 1.165) is 4.90 Å². The van der Waals surface area contributed by atoms with Crippen molar-refractivity contribution in [2.75, 3.05) is 18.1 Å². The topological polar surface area (TPSA) is 131 Å². The average Bonchev–Trinajstić information content (AvgIpc) is 3.02. The summed E-state index contributed by atoms with van der Waals surface area (Å²) in [4.78, 5) is 62.2. The van der Waals surface area contributed by atoms with Crippen LogP contribution in [0.15, 0.2) is 42.5 Å². The third-order valence-corrected chi connectivity index (χ3v) is 4.54. The molecule has 0 radical (unpaired) electrons. The van der Waals surface area contributed by atoms with Gasteiger partial charge in [-0.25, -0.2) is 14.5 Å². The highest BCUT2D eigenvalue weighted by Crippen LogP contribution is 2.30. The van der Waals surface area contributed by atoms with Gasteiger partial charge in [-0.15, -0.1) is 0 Å². The maximum absolute atomic E-state index is 12.9. The van der Waals surface area contributed by atoms with Crippen molar-refractivity contribution in [1.82, 2.24) is 10.6 Å². The van der Waals surface area contributed by atoms with Gasteiger partial charge in [-0.2, -0.15) is 0 Å². The molecule has 0 aliphatic carbocycles. The SMILES string of the molecule is CCOc1ccc(N2C(=O)c3ccc(C(=O)OCC(=O)NC(=O)NC(C)C)cc3C2=O)cc1. The summed E-state index contributed by atoms with van der Waals surface area (Å²) >= 11 is 0. The first-order valence-corrected chi connectivity index (χ1v) is 10.2. The molecular weight excluding hydrogens is 430 g/mol. The maximum Gasteiger partial charge on any atom is 0.338 e. The van der Waals surface area contributed by atoms with Crippen molar-refractivity contribution >= 4 is 35.4 Å². The van der Waals surface area contributed by atoms with Gasteiger partial charge in [0, 0.05) is 6.04 Å². The summed E-state index contributed by atoms with van der Waals surface area (Å²) < 4.78 is 10.3. The number of benzene rings is 2. The van der Waals surface area contributed by atoms with Crippen LogP contribution in [0.25, 0.3) is 0 Å². The van der Waals surface area contributed by atoms with E-state index in [1.807, 2.05) is 12.2 Å². The van der Waals surface area contributed by atoms with Gasteiger partial charge >= 0.3 is 12.0 Å². The summed E-state index contributed by atoms with van der Waals surface area (Å²) in [6, 6.07) is 9.54. The van der Waals surface area contributed by atoms with Crippen LogP contribution >= 0.6 is 0 Å². The van der Waals surface area contributed by atoms with Crippen LogP contribution in [0.3, 0.4) is 0 Å². The smallest absolute Gasteiger partial charge is 0.338 e. The van der Waals surface area contributed by atoms with Crippen molar-refractivity contribution in [3.63, 3.8) is 0 Å². The molecule has 172 valence electrons. The summed E-state index contributed by atoms with van der Waals surface area (Å²) in [5.41, 5.74) is 0.547. The second-order valence-corrected chi connectivity index (χ2v) is 7.39. The Bertz CT molecular complexity index is 1110. The van der Waals surface area contributed by atoms with Crippen molar-refractivity contribution in [2.24, 2.45) is 0 Å². The number of esters is 1. The third kappa shape index (κ3) is 5.35. The number of fused-ring (bicyclic) bond motifs is 1. The number of nitrogens with zero attached hydrogens (tertiary/aromatic N) is 1. The van der Waals surface area contributed by atoms with Crippen LogP contribution in [0.2, 0.25) is 0 Å². The molecule has 0 spiro atoms. The molecule has 2 aromatic rings. The predicted molar refractivity (Wildman–Crippen MR) is 117 cm³/mol. The fourth-order valence-electron chi connectivity index (χ4n) is 3.14. The number of hydrogen-bond acceptors (Lipinski definition) is 7. The number of hydrogen-bond donors (Lipinski definition) is 2. The lowest BCUT2D eigenvalue weighted by Gasteiger charge is -2.14. The van der Waals surface area contributed by atoms with E-state index in [2.05, 4.69) is 5.32 Å². The fourth-order valence-corrected chi connectivity index (χ4v) is 3.14. The first-order valence-electron chi connectivity index (χ1n) is 10.2. The summed E-state index contributed by atoms with van der Waals surface area (Å²) in [7, 11) is 0. The van der Waals surface area contributed by atoms with Crippen LogP contribution in [0.5, 0.6) is 5.75 Å². The van der Waals surface area contributed by atoms with Gasteiger partial charge in [-0.3, -0.25) is 19.7 Å². The molecule has 0 unspecified atom stereocenters. The lowest BCUT2D eigenvalue weighted by atomic mass is 10.1. The van der Waals surface area contributed by atoms with E-state index in [1.165, 1.54) is 18.2 Å². The predicted octanol–water partition coefficient (Wildman–Crippen LogP) is 2.28. The summed E-state index contributed by atoms with van der Waals surface area (Å²) in [5.74, 6) is -2.19. The molecular formula is C23H23N3O7. The molecule has 0 saturated carbocycles. The Kier molecular flexibility index (Phi) is 7.07. The summed E-state index contributed by atoms with van der Waals surface area (Å²) in [6.45, 7) is 5.09. The van der Waals surface area contributed by atoms with Gasteiger partial charge in [0.05, 0.1) is 29.0 Å². The standard InChI is InChI=1S/C23H23N3O7/c1-4-32-16-8-6-15(7-9-16)26-20(28)17-10-5-14(11-18(17)21(26)29)22(30)33-12-19(27)25-23(31)24-13(2)3/h5-11,13H,4,12H2,1-3H3,(H2,24,25,27,31). The highest BCUT2D eigenvalue weighted by Gasteiger charge is 2.37. The second-order valence-electron chi connectivity index (χ2n) is 7.39. The minimum absolute atomic E-state index is 0.0112. The molecule has 0 aromatic heterocycles. The van der Waals surface area contributed by atoms with Crippen molar-refractivity contribution in [3.8, 4) is 5.75 Å². The molecule has 2 aromatic carbocycles. The zero-order valence-corrected chi connectivity index (χ0v) is 18.3. The van der Waals surface area contributed by atoms with Crippen LogP contribution in [0, 0.1) is 0 Å². The van der Waals surface area contributed by atoms with E-state index >= 15 is 0 Å². The zero-order valence-electron chi connectivity index (χ0n) is 18.3. The molecule has 10 nitrogen and oxygen atoms in total. The fraction of sp³-hybridized carbons (Fsp3) is 0.261. The van der Waals surface area contributed by atoms with Crippen LogP contribution < -0.4 is 20.3 Å². The number of ether oxygens (including phenoxy) is 2. The van der Waals surface area contributed by atoms with E-state index < -0.39 is 36.3 Å². The molecule has 0 bridgehead atoms. The van der Waals surface area contributed by atoms with Gasteiger partial charge < -0.3 is 14.8 Å². The number of nitrogens with one attached hydrogen (secondary N) is 2. The quantitative estimate of drug-likeness (QED) is 0.486. The van der Waals surface area contributed by atoms with E-state index in [-0.39, 0.29) is 22.7 Å². The van der Waals surface area contributed by atoms with Crippen LogP contribution in [-0.4, -0.2) is 49.0 Å².